The molecule has 0 fully saturated rings. The van der Waals surface area contributed by atoms with E-state index in [0.717, 1.165) is 22.9 Å². The predicted molar refractivity (Wildman–Crippen MR) is 85.1 cm³/mol. The van der Waals surface area contributed by atoms with Crippen LogP contribution in [-0.2, 0) is 16.0 Å². The first-order valence-electron chi connectivity index (χ1n) is 7.12. The highest BCUT2D eigenvalue weighted by atomic mass is 16.5. The van der Waals surface area contributed by atoms with Gasteiger partial charge in [0.15, 0.2) is 0 Å². The molecule has 6 nitrogen and oxygen atoms in total. The van der Waals surface area contributed by atoms with Crippen LogP contribution in [0.3, 0.4) is 0 Å². The molecule has 0 aliphatic rings. The summed E-state index contributed by atoms with van der Waals surface area (Å²) in [7, 11) is 0. The molecule has 0 atom stereocenters. The molecule has 3 rings (SSSR count). The zero-order valence-corrected chi connectivity index (χ0v) is 12.3. The van der Waals surface area contributed by atoms with Gasteiger partial charge in [0.2, 0.25) is 0 Å². The maximum Gasteiger partial charge on any atom is 0.310 e. The molecule has 116 valence electrons. The van der Waals surface area contributed by atoms with Gasteiger partial charge < -0.3 is 9.84 Å². The molecule has 0 saturated carbocycles. The number of carbonyl (C=O) groups is 1. The Hall–Kier alpha value is -3.15. The van der Waals surface area contributed by atoms with Crippen molar-refractivity contribution >= 4 is 17.0 Å². The molecule has 1 heterocycles. The standard InChI is InChI=1S/C17H15N3O3/c1-2-23-17(22)10-8-12-7-9-16(21)15(11-12)20-14-6-4-3-5-13(14)18-19-20/h2-7,9,11,21H,1,8,10H2. The number of aromatic hydroxyl groups is 1. The summed E-state index contributed by atoms with van der Waals surface area (Å²) in [5, 5.41) is 18.3. The molecule has 0 spiro atoms. The number of phenolic OH excluding ortho intramolecular Hbond substituents is 1. The summed E-state index contributed by atoms with van der Waals surface area (Å²) in [5.74, 6) is -0.251. The molecule has 6 heteroatoms. The normalized spacial score (nSPS) is 10.6. The molecule has 0 aliphatic carbocycles. The second-order valence-corrected chi connectivity index (χ2v) is 4.97. The fraction of sp³-hybridized carbons (Fsp3) is 0.118. The topological polar surface area (TPSA) is 77.2 Å². The van der Waals surface area contributed by atoms with Gasteiger partial charge in [0.25, 0.3) is 0 Å². The van der Waals surface area contributed by atoms with E-state index in [1.54, 1.807) is 22.9 Å². The Kier molecular flexibility index (Phi) is 4.05. The van der Waals surface area contributed by atoms with E-state index in [9.17, 15) is 9.90 Å². The number of esters is 1. The number of ether oxygens (including phenoxy) is 1. The van der Waals surface area contributed by atoms with Crippen molar-refractivity contribution in [2.24, 2.45) is 0 Å². The Bertz CT molecular complexity index is 870. The Morgan fingerprint density at radius 3 is 2.96 bits per heavy atom. The Balaban J connectivity index is 1.92. The zero-order chi connectivity index (χ0) is 16.2. The summed E-state index contributed by atoms with van der Waals surface area (Å²) in [6.07, 6.45) is 1.84. The first kappa shape index (κ1) is 14.8. The number of benzene rings is 2. The molecule has 3 aromatic rings. The van der Waals surface area contributed by atoms with Gasteiger partial charge in [-0.15, -0.1) is 5.10 Å². The highest BCUT2D eigenvalue weighted by Crippen LogP contribution is 2.26. The number of nitrogens with zero attached hydrogens (tertiary/aromatic N) is 3. The van der Waals surface area contributed by atoms with Crippen molar-refractivity contribution in [1.29, 1.82) is 0 Å². The lowest BCUT2D eigenvalue weighted by Crippen LogP contribution is -2.03. The molecule has 2 aromatic carbocycles. The van der Waals surface area contributed by atoms with Gasteiger partial charge in [-0.2, -0.15) is 0 Å². The van der Waals surface area contributed by atoms with Crippen molar-refractivity contribution in [3.8, 4) is 11.4 Å². The maximum atomic E-state index is 11.4. The third-order valence-electron chi connectivity index (χ3n) is 3.45. The molecule has 0 saturated heterocycles. The molecule has 0 radical (unpaired) electrons. The summed E-state index contributed by atoms with van der Waals surface area (Å²) < 4.78 is 6.28. The fourth-order valence-corrected chi connectivity index (χ4v) is 2.34. The van der Waals surface area contributed by atoms with E-state index in [4.69, 9.17) is 4.74 Å². The van der Waals surface area contributed by atoms with E-state index < -0.39 is 0 Å². The Labute approximate surface area is 132 Å². The number of phenols is 1. The smallest absolute Gasteiger partial charge is 0.310 e. The average molecular weight is 309 g/mol. The lowest BCUT2D eigenvalue weighted by molar-refractivity contribution is -0.137. The van der Waals surface area contributed by atoms with Crippen molar-refractivity contribution < 1.29 is 14.6 Å². The fourth-order valence-electron chi connectivity index (χ4n) is 2.34. The highest BCUT2D eigenvalue weighted by Gasteiger charge is 2.11. The predicted octanol–water partition coefficient (Wildman–Crippen LogP) is 2.75. The summed E-state index contributed by atoms with van der Waals surface area (Å²) in [4.78, 5) is 11.4. The SMILES string of the molecule is C=COC(=O)CCc1ccc(O)c(-n2nnc3ccccc32)c1. The minimum atomic E-state index is -0.346. The largest absolute Gasteiger partial charge is 0.506 e. The number of para-hydroxylation sites is 1. The average Bonchev–Trinajstić information content (AvgIpc) is 2.98. The molecule has 0 amide bonds. The number of carbonyl (C=O) groups excluding carboxylic acids is 1. The van der Waals surface area contributed by atoms with Crippen LogP contribution < -0.4 is 0 Å². The van der Waals surface area contributed by atoms with E-state index in [1.807, 2.05) is 24.3 Å². The zero-order valence-electron chi connectivity index (χ0n) is 12.3. The maximum absolute atomic E-state index is 11.4. The summed E-state index contributed by atoms with van der Waals surface area (Å²) >= 11 is 0. The minimum absolute atomic E-state index is 0.0954. The van der Waals surface area contributed by atoms with Crippen molar-refractivity contribution in [2.75, 3.05) is 0 Å². The van der Waals surface area contributed by atoms with E-state index in [0.29, 0.717) is 12.1 Å². The van der Waals surface area contributed by atoms with E-state index in [-0.39, 0.29) is 18.1 Å². The minimum Gasteiger partial charge on any atom is -0.506 e. The van der Waals surface area contributed by atoms with E-state index in [1.165, 1.54) is 0 Å². The monoisotopic (exact) mass is 309 g/mol. The van der Waals surface area contributed by atoms with Crippen molar-refractivity contribution in [2.45, 2.75) is 12.8 Å². The van der Waals surface area contributed by atoms with Crippen LogP contribution in [0.15, 0.2) is 55.3 Å². The molecular formula is C17H15N3O3. The van der Waals surface area contributed by atoms with Crippen LogP contribution in [0.25, 0.3) is 16.7 Å². The molecule has 23 heavy (non-hydrogen) atoms. The van der Waals surface area contributed by atoms with Gasteiger partial charge in [-0.25, -0.2) is 4.68 Å². The summed E-state index contributed by atoms with van der Waals surface area (Å²) in [6.45, 7) is 3.35. The Morgan fingerprint density at radius 2 is 2.13 bits per heavy atom. The van der Waals surface area contributed by atoms with Crippen molar-refractivity contribution in [3.63, 3.8) is 0 Å². The number of aromatic nitrogens is 3. The van der Waals surface area contributed by atoms with Crippen LogP contribution >= 0.6 is 0 Å². The van der Waals surface area contributed by atoms with Gasteiger partial charge in [0, 0.05) is 6.42 Å². The van der Waals surface area contributed by atoms with Gasteiger partial charge in [-0.3, -0.25) is 4.79 Å². The quantitative estimate of drug-likeness (QED) is 0.579. The van der Waals surface area contributed by atoms with Crippen LogP contribution in [0.1, 0.15) is 12.0 Å². The van der Waals surface area contributed by atoms with Gasteiger partial charge in [0.1, 0.15) is 17.0 Å². The number of hydrogen-bond acceptors (Lipinski definition) is 5. The molecule has 0 aliphatic heterocycles. The van der Waals surface area contributed by atoms with Crippen LogP contribution in [0, 0.1) is 0 Å². The van der Waals surface area contributed by atoms with Crippen LogP contribution in [-0.4, -0.2) is 26.1 Å². The van der Waals surface area contributed by atoms with Crippen LogP contribution in [0.5, 0.6) is 5.75 Å². The van der Waals surface area contributed by atoms with E-state index >= 15 is 0 Å². The van der Waals surface area contributed by atoms with Gasteiger partial charge >= 0.3 is 5.97 Å². The van der Waals surface area contributed by atoms with Gasteiger partial charge in [0.05, 0.1) is 11.8 Å². The lowest BCUT2D eigenvalue weighted by Gasteiger charge is -2.08. The number of fused-ring (bicyclic) bond motifs is 1. The molecule has 1 aromatic heterocycles. The summed E-state index contributed by atoms with van der Waals surface area (Å²) in [6, 6.07) is 12.6. The lowest BCUT2D eigenvalue weighted by atomic mass is 10.1. The first-order valence-corrected chi connectivity index (χ1v) is 7.12. The second kappa shape index (κ2) is 6.31. The molecular weight excluding hydrogens is 294 g/mol. The molecule has 0 unspecified atom stereocenters. The van der Waals surface area contributed by atoms with Gasteiger partial charge in [-0.05, 0) is 36.2 Å². The first-order chi connectivity index (χ1) is 11.2. The number of rotatable bonds is 5. The van der Waals surface area contributed by atoms with Crippen molar-refractivity contribution in [3.05, 3.63) is 60.9 Å². The molecule has 0 bridgehead atoms. The highest BCUT2D eigenvalue weighted by molar-refractivity contribution is 5.76. The van der Waals surface area contributed by atoms with Crippen molar-refractivity contribution in [1.82, 2.24) is 15.0 Å². The Morgan fingerprint density at radius 1 is 1.30 bits per heavy atom. The third-order valence-corrected chi connectivity index (χ3v) is 3.45. The van der Waals surface area contributed by atoms with E-state index in [2.05, 4.69) is 16.9 Å². The summed E-state index contributed by atoms with van der Waals surface area (Å²) in [5.41, 5.74) is 2.95. The second-order valence-electron chi connectivity index (χ2n) is 4.97. The third kappa shape index (κ3) is 3.06. The van der Waals surface area contributed by atoms with Crippen LogP contribution in [0.4, 0.5) is 0 Å². The number of hydrogen-bond donors (Lipinski definition) is 1. The van der Waals surface area contributed by atoms with Gasteiger partial charge in [-0.1, -0.05) is 30.0 Å². The number of aryl methyl sites for hydroxylation is 1. The van der Waals surface area contributed by atoms with Crippen LogP contribution in [0.2, 0.25) is 0 Å². The molecule has 1 N–H and O–H groups in total.